The van der Waals surface area contributed by atoms with Crippen molar-refractivity contribution in [1.82, 2.24) is 0 Å². The second-order valence-electron chi connectivity index (χ2n) is 21.9. The summed E-state index contributed by atoms with van der Waals surface area (Å²) in [5.74, 6) is -1.48. The fourth-order valence-corrected chi connectivity index (χ4v) is 9.82. The number of esters is 3. The van der Waals surface area contributed by atoms with E-state index in [9.17, 15) is 28.9 Å². The van der Waals surface area contributed by atoms with Gasteiger partial charge in [-0.1, -0.05) is 241 Å². The van der Waals surface area contributed by atoms with E-state index in [-0.39, 0.29) is 25.9 Å². The first-order valence-corrected chi connectivity index (χ1v) is 34.3. The van der Waals surface area contributed by atoms with Crippen molar-refractivity contribution < 1.29 is 52.2 Å². The van der Waals surface area contributed by atoms with Gasteiger partial charge in [0.2, 0.25) is 0 Å². The zero-order valence-electron chi connectivity index (χ0n) is 51.5. The predicted molar refractivity (Wildman–Crippen MR) is 335 cm³/mol. The van der Waals surface area contributed by atoms with Crippen LogP contribution in [0.2, 0.25) is 0 Å². The molecule has 0 saturated carbocycles. The molecule has 80 heavy (non-hydrogen) atoms. The first-order chi connectivity index (χ1) is 39.2. The van der Waals surface area contributed by atoms with Crippen molar-refractivity contribution in [2.75, 3.05) is 26.4 Å². The second kappa shape index (κ2) is 62.0. The van der Waals surface area contributed by atoms with Crippen molar-refractivity contribution in [2.45, 2.75) is 315 Å². The molecule has 0 rings (SSSR count). The van der Waals surface area contributed by atoms with E-state index in [0.29, 0.717) is 19.3 Å². The average Bonchev–Trinajstić information content (AvgIpc) is 3.45. The number of hydrogen-bond acceptors (Lipinski definition) is 10. The van der Waals surface area contributed by atoms with Crippen LogP contribution in [0, 0.1) is 0 Å². The number of carbonyl (C=O) groups excluding carboxylic acids is 3. The van der Waals surface area contributed by atoms with E-state index in [0.717, 1.165) is 116 Å². The van der Waals surface area contributed by atoms with Gasteiger partial charge < -0.3 is 24.2 Å². The Labute approximate surface area is 490 Å². The average molecular weight is 1150 g/mol. The molecule has 0 aromatic heterocycles. The van der Waals surface area contributed by atoms with Gasteiger partial charge in [-0.15, -0.1) is 0 Å². The first kappa shape index (κ1) is 76.9. The number of phosphoric acid groups is 1. The molecule has 0 radical (unpaired) electrons. The summed E-state index contributed by atoms with van der Waals surface area (Å²) < 4.78 is 39.7. The summed E-state index contributed by atoms with van der Waals surface area (Å²) in [6.07, 6.45) is 71.3. The topological polar surface area (TPSA) is 155 Å². The lowest BCUT2D eigenvalue weighted by atomic mass is 10.1. The van der Waals surface area contributed by atoms with Gasteiger partial charge in [0.25, 0.3) is 0 Å². The number of carbonyl (C=O) groups is 3. The molecule has 0 aromatic carbocycles. The van der Waals surface area contributed by atoms with Crippen LogP contribution in [0.1, 0.15) is 303 Å². The van der Waals surface area contributed by atoms with Gasteiger partial charge in [0.05, 0.1) is 19.8 Å². The zero-order valence-corrected chi connectivity index (χ0v) is 52.4. The minimum absolute atomic E-state index is 0.151. The fraction of sp³-hybridized carbons (Fsp3) is 0.779. The molecule has 0 heterocycles. The molecule has 0 fully saturated rings. The summed E-state index contributed by atoms with van der Waals surface area (Å²) >= 11 is 0. The summed E-state index contributed by atoms with van der Waals surface area (Å²) in [4.78, 5) is 48.8. The molecule has 0 spiro atoms. The third-order valence-corrected chi connectivity index (χ3v) is 15.0. The summed E-state index contributed by atoms with van der Waals surface area (Å²) in [6, 6.07) is 0. The molecule has 0 aliphatic rings. The lowest BCUT2D eigenvalue weighted by Crippen LogP contribution is -2.30. The van der Waals surface area contributed by atoms with Gasteiger partial charge in [-0.3, -0.25) is 23.4 Å². The summed E-state index contributed by atoms with van der Waals surface area (Å²) in [6.45, 7) is 4.60. The van der Waals surface area contributed by atoms with E-state index in [1.807, 2.05) is 0 Å². The van der Waals surface area contributed by atoms with Crippen LogP contribution in [-0.2, 0) is 42.2 Å². The number of phosphoric ester groups is 1. The summed E-state index contributed by atoms with van der Waals surface area (Å²) in [5.41, 5.74) is 0. The molecule has 11 nitrogen and oxygen atoms in total. The number of rotatable bonds is 61. The monoisotopic (exact) mass is 1140 g/mol. The molecule has 0 aliphatic carbocycles. The van der Waals surface area contributed by atoms with Crippen molar-refractivity contribution >= 4 is 25.7 Å². The SMILES string of the molecule is CCCCC/C=C\C/C=C\C/C=C\CCCCCCCCC(=O)OC(COC(=O)CCCCCCCCCCC/C=C\CCCCCCCC)COP(=O)(O)OCC(CO)OC(=O)CCCCCCC/C=C\C/C=C\CCCCC. The Morgan fingerprint density at radius 2 is 0.613 bits per heavy atom. The maximum Gasteiger partial charge on any atom is 0.472 e. The summed E-state index contributed by atoms with van der Waals surface area (Å²) in [5, 5.41) is 9.85. The van der Waals surface area contributed by atoms with Crippen LogP contribution in [0.15, 0.2) is 72.9 Å². The Morgan fingerprint density at radius 3 is 0.975 bits per heavy atom. The molecule has 3 unspecified atom stereocenters. The van der Waals surface area contributed by atoms with Gasteiger partial charge in [-0.05, 0) is 116 Å². The third kappa shape index (κ3) is 59.5. The Balaban J connectivity index is 4.73. The van der Waals surface area contributed by atoms with Crippen molar-refractivity contribution in [1.29, 1.82) is 0 Å². The third-order valence-electron chi connectivity index (χ3n) is 14.1. The lowest BCUT2D eigenvalue weighted by molar-refractivity contribution is -0.161. The van der Waals surface area contributed by atoms with Crippen LogP contribution in [0.25, 0.3) is 0 Å². The standard InChI is InChI=1S/C68H121O11P/c1-4-7-10-13-16-19-22-25-28-30-32-34-37-39-42-45-48-51-54-57-66(70)75-61-65(79-68(72)59-56-53-50-47-44-41-38-35-33-31-29-26-23-20-17-14-11-8-5-2)63-77-80(73,74)76-62-64(60-69)78-67(71)58-55-52-49-46-43-40-36-27-24-21-18-15-12-9-6-3/h17-18,20-21,25-29,33,35-36,64-65,69H,4-16,19,22-24,30-32,34,37-63H2,1-3H3,(H,73,74)/b20-17-,21-18-,28-25-,29-26-,35-33-,36-27-. The zero-order chi connectivity index (χ0) is 58.3. The number of hydrogen-bond donors (Lipinski definition) is 2. The van der Waals surface area contributed by atoms with E-state index in [1.165, 1.54) is 128 Å². The highest BCUT2D eigenvalue weighted by molar-refractivity contribution is 7.47. The van der Waals surface area contributed by atoms with E-state index in [2.05, 4.69) is 93.7 Å². The molecule has 0 aliphatic heterocycles. The van der Waals surface area contributed by atoms with Gasteiger partial charge >= 0.3 is 25.7 Å². The van der Waals surface area contributed by atoms with Crippen LogP contribution in [-0.4, -0.2) is 66.5 Å². The number of aliphatic hydroxyl groups excluding tert-OH is 1. The van der Waals surface area contributed by atoms with Crippen molar-refractivity contribution in [2.24, 2.45) is 0 Å². The Bertz CT molecular complexity index is 1620. The molecule has 12 heteroatoms. The van der Waals surface area contributed by atoms with Crippen LogP contribution < -0.4 is 0 Å². The fourth-order valence-electron chi connectivity index (χ4n) is 9.04. The molecule has 464 valence electrons. The van der Waals surface area contributed by atoms with Crippen LogP contribution in [0.3, 0.4) is 0 Å². The minimum Gasteiger partial charge on any atom is -0.462 e. The Hall–Kier alpha value is -3.08. The molecule has 2 N–H and O–H groups in total. The summed E-state index contributed by atoms with van der Waals surface area (Å²) in [7, 11) is -4.76. The Kier molecular flexibility index (Phi) is 59.6. The van der Waals surface area contributed by atoms with Gasteiger partial charge in [-0.25, -0.2) is 4.57 Å². The molecule has 0 aromatic rings. The molecule has 0 bridgehead atoms. The molecule has 3 atom stereocenters. The molecular formula is C68H121O11P. The second-order valence-corrected chi connectivity index (χ2v) is 23.4. The first-order valence-electron chi connectivity index (χ1n) is 32.8. The number of aliphatic hydroxyl groups is 1. The van der Waals surface area contributed by atoms with Gasteiger partial charge in [0, 0.05) is 19.3 Å². The van der Waals surface area contributed by atoms with E-state index in [1.54, 1.807) is 0 Å². The quantitative estimate of drug-likeness (QED) is 0.0197. The normalized spacial score (nSPS) is 13.7. The predicted octanol–water partition coefficient (Wildman–Crippen LogP) is 20.0. The van der Waals surface area contributed by atoms with Gasteiger partial charge in [0.1, 0.15) is 12.7 Å². The molecule has 0 saturated heterocycles. The highest BCUT2D eigenvalue weighted by Gasteiger charge is 2.28. The van der Waals surface area contributed by atoms with Crippen molar-refractivity contribution in [3.63, 3.8) is 0 Å². The Morgan fingerprint density at radius 1 is 0.350 bits per heavy atom. The van der Waals surface area contributed by atoms with Crippen LogP contribution in [0.4, 0.5) is 0 Å². The molecular weight excluding hydrogens is 1020 g/mol. The van der Waals surface area contributed by atoms with Crippen molar-refractivity contribution in [3.8, 4) is 0 Å². The van der Waals surface area contributed by atoms with Crippen molar-refractivity contribution in [3.05, 3.63) is 72.9 Å². The molecule has 0 amide bonds. The highest BCUT2D eigenvalue weighted by atomic mass is 31.2. The highest BCUT2D eigenvalue weighted by Crippen LogP contribution is 2.43. The maximum absolute atomic E-state index is 13.0. The van der Waals surface area contributed by atoms with E-state index in [4.69, 9.17) is 23.3 Å². The van der Waals surface area contributed by atoms with Gasteiger partial charge in [-0.2, -0.15) is 0 Å². The van der Waals surface area contributed by atoms with E-state index >= 15 is 0 Å². The number of allylic oxidation sites excluding steroid dienone is 12. The number of unbranched alkanes of at least 4 members (excludes halogenated alkanes) is 32. The maximum atomic E-state index is 13.0. The minimum atomic E-state index is -4.76. The van der Waals surface area contributed by atoms with Gasteiger partial charge in [0.15, 0.2) is 6.10 Å². The largest absolute Gasteiger partial charge is 0.472 e. The number of ether oxygens (including phenoxy) is 3. The lowest BCUT2D eigenvalue weighted by Gasteiger charge is -2.21. The smallest absolute Gasteiger partial charge is 0.462 e. The van der Waals surface area contributed by atoms with Crippen LogP contribution >= 0.6 is 7.82 Å². The van der Waals surface area contributed by atoms with E-state index < -0.39 is 57.8 Å². The van der Waals surface area contributed by atoms with Crippen LogP contribution in [0.5, 0.6) is 0 Å².